The summed E-state index contributed by atoms with van der Waals surface area (Å²) in [6, 6.07) is 0. The Balaban J connectivity index is 1.69. The smallest absolute Gasteiger partial charge is 0.248 e. The second-order valence-corrected chi connectivity index (χ2v) is 6.97. The van der Waals surface area contributed by atoms with E-state index in [1.54, 1.807) is 23.3 Å². The first-order valence-electron chi connectivity index (χ1n) is 7.94. The average Bonchev–Trinajstić information content (AvgIpc) is 2.97. The van der Waals surface area contributed by atoms with E-state index in [1.807, 2.05) is 5.38 Å². The summed E-state index contributed by atoms with van der Waals surface area (Å²) < 4.78 is 11.1. The first-order chi connectivity index (χ1) is 10.6. The molecule has 1 fully saturated rings. The predicted molar refractivity (Wildman–Crippen MR) is 87.1 cm³/mol. The van der Waals surface area contributed by atoms with Crippen LogP contribution in [0.1, 0.15) is 49.7 Å². The molecular formula is C16H26N2O3S. The molecule has 0 N–H and O–H groups in total. The third kappa shape index (κ3) is 5.34. The molecule has 124 valence electrons. The molecule has 1 amide bonds. The molecule has 0 saturated carbocycles. The van der Waals surface area contributed by atoms with Crippen LogP contribution in [0.4, 0.5) is 0 Å². The van der Waals surface area contributed by atoms with Gasteiger partial charge < -0.3 is 14.4 Å². The van der Waals surface area contributed by atoms with Crippen molar-refractivity contribution in [1.29, 1.82) is 0 Å². The highest BCUT2D eigenvalue weighted by Crippen LogP contribution is 2.19. The van der Waals surface area contributed by atoms with Crippen molar-refractivity contribution in [3.8, 4) is 0 Å². The summed E-state index contributed by atoms with van der Waals surface area (Å²) in [7, 11) is 1.79. The van der Waals surface area contributed by atoms with Crippen molar-refractivity contribution in [2.45, 2.75) is 51.7 Å². The van der Waals surface area contributed by atoms with Gasteiger partial charge in [0, 0.05) is 25.0 Å². The monoisotopic (exact) mass is 326 g/mol. The van der Waals surface area contributed by atoms with Crippen LogP contribution in [0.25, 0.3) is 0 Å². The Hall–Kier alpha value is -0.980. The lowest BCUT2D eigenvalue weighted by molar-refractivity contribution is -0.137. The van der Waals surface area contributed by atoms with Gasteiger partial charge in [-0.2, -0.15) is 0 Å². The maximum absolute atomic E-state index is 12.1. The quantitative estimate of drug-likeness (QED) is 0.773. The fourth-order valence-corrected chi connectivity index (χ4v) is 3.14. The number of aromatic nitrogens is 1. The van der Waals surface area contributed by atoms with E-state index in [1.165, 1.54) is 6.42 Å². The molecule has 2 rings (SSSR count). The Morgan fingerprint density at radius 3 is 3.00 bits per heavy atom. The summed E-state index contributed by atoms with van der Waals surface area (Å²) >= 11 is 1.65. The molecule has 1 aromatic heterocycles. The van der Waals surface area contributed by atoms with E-state index in [4.69, 9.17) is 9.47 Å². The number of likely N-dealkylation sites (N-methyl/N-ethyl adjacent to an activating group) is 1. The van der Waals surface area contributed by atoms with E-state index in [0.29, 0.717) is 19.1 Å². The van der Waals surface area contributed by atoms with E-state index >= 15 is 0 Å². The van der Waals surface area contributed by atoms with Gasteiger partial charge in [0.1, 0.15) is 6.61 Å². The van der Waals surface area contributed by atoms with Gasteiger partial charge >= 0.3 is 0 Å². The summed E-state index contributed by atoms with van der Waals surface area (Å²) in [5.41, 5.74) is 0.945. The Kier molecular flexibility index (Phi) is 6.79. The molecule has 0 radical (unpaired) electrons. The van der Waals surface area contributed by atoms with Crippen molar-refractivity contribution in [3.63, 3.8) is 0 Å². The maximum Gasteiger partial charge on any atom is 0.248 e. The van der Waals surface area contributed by atoms with Crippen LogP contribution in [0, 0.1) is 0 Å². The minimum absolute atomic E-state index is 0.0186. The second kappa shape index (κ2) is 8.60. The van der Waals surface area contributed by atoms with Gasteiger partial charge in [0.05, 0.1) is 30.0 Å². The van der Waals surface area contributed by atoms with Crippen LogP contribution >= 0.6 is 11.3 Å². The number of nitrogens with zero attached hydrogens (tertiary/aromatic N) is 2. The van der Waals surface area contributed by atoms with Crippen molar-refractivity contribution >= 4 is 17.2 Å². The lowest BCUT2D eigenvalue weighted by Gasteiger charge is -2.23. The number of carbonyl (C=O) groups excluding carboxylic acids is 1. The van der Waals surface area contributed by atoms with Crippen LogP contribution in [0.15, 0.2) is 5.38 Å². The first kappa shape index (κ1) is 17.4. The van der Waals surface area contributed by atoms with Crippen molar-refractivity contribution < 1.29 is 14.3 Å². The number of hydrogen-bond donors (Lipinski definition) is 0. The first-order valence-corrected chi connectivity index (χ1v) is 8.82. The predicted octanol–water partition coefficient (Wildman–Crippen LogP) is 2.81. The number of ether oxygens (including phenoxy) is 2. The fourth-order valence-electron chi connectivity index (χ4n) is 2.32. The van der Waals surface area contributed by atoms with Gasteiger partial charge in [0.2, 0.25) is 5.91 Å². The SMILES string of the molecule is CC(C)c1nc(CN(C)C(=O)COCC2CCCCO2)cs1. The Labute approximate surface area is 136 Å². The molecule has 0 aliphatic carbocycles. The molecular weight excluding hydrogens is 300 g/mol. The number of carbonyl (C=O) groups is 1. The van der Waals surface area contributed by atoms with Gasteiger partial charge in [-0.25, -0.2) is 4.98 Å². The molecule has 0 bridgehead atoms. The Bertz CT molecular complexity index is 470. The van der Waals surface area contributed by atoms with E-state index in [0.717, 1.165) is 30.2 Å². The average molecular weight is 326 g/mol. The van der Waals surface area contributed by atoms with Crippen molar-refractivity contribution in [1.82, 2.24) is 9.88 Å². The van der Waals surface area contributed by atoms with Gasteiger partial charge in [-0.1, -0.05) is 13.8 Å². The zero-order chi connectivity index (χ0) is 15.9. The number of thiazole rings is 1. The third-order valence-electron chi connectivity index (χ3n) is 3.69. The van der Waals surface area contributed by atoms with Crippen LogP contribution in [-0.4, -0.2) is 48.8 Å². The highest BCUT2D eigenvalue weighted by molar-refractivity contribution is 7.09. The van der Waals surface area contributed by atoms with E-state index < -0.39 is 0 Å². The third-order valence-corrected chi connectivity index (χ3v) is 4.89. The summed E-state index contributed by atoms with van der Waals surface area (Å²) in [5, 5.41) is 3.14. The van der Waals surface area contributed by atoms with Gasteiger partial charge in [-0.3, -0.25) is 4.79 Å². The van der Waals surface area contributed by atoms with Crippen LogP contribution < -0.4 is 0 Å². The van der Waals surface area contributed by atoms with E-state index in [9.17, 15) is 4.79 Å². The maximum atomic E-state index is 12.1. The van der Waals surface area contributed by atoms with E-state index in [2.05, 4.69) is 18.8 Å². The fraction of sp³-hybridized carbons (Fsp3) is 0.750. The highest BCUT2D eigenvalue weighted by Gasteiger charge is 2.16. The minimum Gasteiger partial charge on any atom is -0.376 e. The number of rotatable bonds is 7. The van der Waals surface area contributed by atoms with Crippen molar-refractivity contribution in [3.05, 3.63) is 16.1 Å². The largest absolute Gasteiger partial charge is 0.376 e. The molecule has 22 heavy (non-hydrogen) atoms. The molecule has 0 spiro atoms. The molecule has 1 aromatic rings. The topological polar surface area (TPSA) is 51.7 Å². The van der Waals surface area contributed by atoms with Gasteiger partial charge in [0.15, 0.2) is 0 Å². The number of amides is 1. The van der Waals surface area contributed by atoms with Crippen LogP contribution in [0.5, 0.6) is 0 Å². The lowest BCUT2D eigenvalue weighted by Crippen LogP contribution is -2.32. The van der Waals surface area contributed by atoms with Crippen molar-refractivity contribution in [2.24, 2.45) is 0 Å². The molecule has 1 saturated heterocycles. The molecule has 0 aromatic carbocycles. The summed E-state index contributed by atoms with van der Waals surface area (Å²) in [5.74, 6) is 0.411. The lowest BCUT2D eigenvalue weighted by atomic mass is 10.1. The summed E-state index contributed by atoms with van der Waals surface area (Å²) in [4.78, 5) is 18.3. The molecule has 1 aliphatic rings. The number of hydrogen-bond acceptors (Lipinski definition) is 5. The Morgan fingerprint density at radius 2 is 2.36 bits per heavy atom. The second-order valence-electron chi connectivity index (χ2n) is 6.09. The normalized spacial score (nSPS) is 18.6. The van der Waals surface area contributed by atoms with Gasteiger partial charge in [0.25, 0.3) is 0 Å². The molecule has 6 heteroatoms. The molecule has 2 heterocycles. The minimum atomic E-state index is -0.0186. The van der Waals surface area contributed by atoms with Crippen LogP contribution in [0.2, 0.25) is 0 Å². The summed E-state index contributed by atoms with van der Waals surface area (Å²) in [6.07, 6.45) is 3.49. The van der Waals surface area contributed by atoms with E-state index in [-0.39, 0.29) is 18.6 Å². The zero-order valence-electron chi connectivity index (χ0n) is 13.7. The Morgan fingerprint density at radius 1 is 1.55 bits per heavy atom. The molecule has 5 nitrogen and oxygen atoms in total. The molecule has 1 unspecified atom stereocenters. The van der Waals surface area contributed by atoms with Gasteiger partial charge in [-0.05, 0) is 19.3 Å². The summed E-state index contributed by atoms with van der Waals surface area (Å²) in [6.45, 7) is 6.21. The molecule has 1 aliphatic heterocycles. The highest BCUT2D eigenvalue weighted by atomic mass is 32.1. The zero-order valence-corrected chi connectivity index (χ0v) is 14.5. The van der Waals surface area contributed by atoms with Crippen LogP contribution in [-0.2, 0) is 20.8 Å². The van der Waals surface area contributed by atoms with Crippen molar-refractivity contribution in [2.75, 3.05) is 26.9 Å². The standard InChI is InChI=1S/C16H26N2O3S/c1-12(2)16-17-13(11-22-16)8-18(3)15(19)10-20-9-14-6-4-5-7-21-14/h11-12,14H,4-10H2,1-3H3. The van der Waals surface area contributed by atoms with Gasteiger partial charge in [-0.15, -0.1) is 11.3 Å². The van der Waals surface area contributed by atoms with Crippen LogP contribution in [0.3, 0.4) is 0 Å². The molecule has 1 atom stereocenters.